The third-order valence-electron chi connectivity index (χ3n) is 0.917. The topological polar surface area (TPSA) is 17.1 Å². The Labute approximate surface area is 50.5 Å². The van der Waals surface area contributed by atoms with Crippen molar-refractivity contribution in [1.29, 1.82) is 0 Å². The van der Waals surface area contributed by atoms with Crippen molar-refractivity contribution in [2.24, 2.45) is 0 Å². The maximum absolute atomic E-state index is 10.4. The van der Waals surface area contributed by atoms with Crippen LogP contribution in [-0.4, -0.2) is 5.78 Å². The zero-order chi connectivity index (χ0) is 5.28. The number of Topliss-reactive ketones (excluding diaryl/α,β-unsaturated/α-hetero) is 1. The summed E-state index contributed by atoms with van der Waals surface area (Å²) >= 11 is 3.22. The predicted octanol–water partition coefficient (Wildman–Crippen LogP) is 1.63. The van der Waals surface area contributed by atoms with Crippen LogP contribution in [0.1, 0.15) is 12.8 Å². The van der Waals surface area contributed by atoms with Crippen LogP contribution in [0.4, 0.5) is 0 Å². The smallest absolute Gasteiger partial charge is 0.141 e. The number of carbonyl (C=O) groups excluding carboxylic acids is 1. The van der Waals surface area contributed by atoms with Gasteiger partial charge in [-0.05, 0) is 4.48 Å². The van der Waals surface area contributed by atoms with Gasteiger partial charge in [-0.1, -0.05) is 22.0 Å². The van der Waals surface area contributed by atoms with Crippen LogP contribution in [0.2, 0.25) is 0 Å². The van der Waals surface area contributed by atoms with Crippen molar-refractivity contribution in [1.82, 2.24) is 0 Å². The Morgan fingerprint density at radius 1 is 1.71 bits per heavy atom. The highest BCUT2D eigenvalue weighted by Crippen LogP contribution is 2.19. The van der Waals surface area contributed by atoms with Gasteiger partial charge < -0.3 is 0 Å². The standard InChI is InChI=1S/C5H5BrO/c6-4-1-2-5(7)3-4/h1H,2-3H2. The molecule has 0 unspecified atom stereocenters. The van der Waals surface area contributed by atoms with E-state index in [1.807, 2.05) is 6.08 Å². The van der Waals surface area contributed by atoms with Crippen LogP contribution in [-0.2, 0) is 4.79 Å². The summed E-state index contributed by atoms with van der Waals surface area (Å²) in [6, 6.07) is 0. The summed E-state index contributed by atoms with van der Waals surface area (Å²) in [7, 11) is 0. The lowest BCUT2D eigenvalue weighted by Gasteiger charge is -1.78. The van der Waals surface area contributed by atoms with E-state index in [-0.39, 0.29) is 0 Å². The largest absolute Gasteiger partial charge is 0.299 e. The lowest BCUT2D eigenvalue weighted by molar-refractivity contribution is -0.116. The minimum absolute atomic E-state index is 0.312. The minimum Gasteiger partial charge on any atom is -0.299 e. The molecule has 0 bridgehead atoms. The van der Waals surface area contributed by atoms with Crippen LogP contribution in [0.15, 0.2) is 10.6 Å². The van der Waals surface area contributed by atoms with E-state index in [1.165, 1.54) is 0 Å². The van der Waals surface area contributed by atoms with E-state index in [0.717, 1.165) is 4.48 Å². The van der Waals surface area contributed by atoms with Crippen molar-refractivity contribution in [2.45, 2.75) is 12.8 Å². The number of carbonyl (C=O) groups is 1. The molecule has 0 radical (unpaired) electrons. The van der Waals surface area contributed by atoms with E-state index in [2.05, 4.69) is 15.9 Å². The molecule has 1 aliphatic carbocycles. The fraction of sp³-hybridized carbons (Fsp3) is 0.400. The molecule has 0 heterocycles. The molecule has 0 aromatic rings. The Balaban J connectivity index is 2.58. The van der Waals surface area contributed by atoms with Crippen LogP contribution in [0, 0.1) is 0 Å². The van der Waals surface area contributed by atoms with Crippen LogP contribution in [0.5, 0.6) is 0 Å². The van der Waals surface area contributed by atoms with Gasteiger partial charge in [0.05, 0.1) is 0 Å². The minimum atomic E-state index is 0.312. The number of allylic oxidation sites excluding steroid dienone is 2. The molecule has 0 spiro atoms. The lowest BCUT2D eigenvalue weighted by atomic mass is 10.3. The molecule has 0 saturated carbocycles. The third-order valence-corrected chi connectivity index (χ3v) is 1.52. The Morgan fingerprint density at radius 3 is 2.57 bits per heavy atom. The van der Waals surface area contributed by atoms with Crippen molar-refractivity contribution in [3.05, 3.63) is 10.6 Å². The second kappa shape index (κ2) is 1.78. The van der Waals surface area contributed by atoms with E-state index in [0.29, 0.717) is 18.6 Å². The number of hydrogen-bond donors (Lipinski definition) is 0. The second-order valence-electron chi connectivity index (χ2n) is 1.57. The quantitative estimate of drug-likeness (QED) is 0.527. The third kappa shape index (κ3) is 1.13. The molecule has 0 saturated heterocycles. The van der Waals surface area contributed by atoms with E-state index in [1.54, 1.807) is 0 Å². The molecule has 0 N–H and O–H groups in total. The van der Waals surface area contributed by atoms with Crippen LogP contribution >= 0.6 is 15.9 Å². The van der Waals surface area contributed by atoms with Gasteiger partial charge in [0, 0.05) is 12.8 Å². The van der Waals surface area contributed by atoms with Gasteiger partial charge in [0.15, 0.2) is 0 Å². The summed E-state index contributed by atoms with van der Waals surface area (Å²) in [6.07, 6.45) is 3.14. The zero-order valence-corrected chi connectivity index (χ0v) is 5.36. The highest BCUT2D eigenvalue weighted by Gasteiger charge is 2.08. The summed E-state index contributed by atoms with van der Waals surface area (Å²) in [5, 5.41) is 0. The second-order valence-corrected chi connectivity index (χ2v) is 2.59. The van der Waals surface area contributed by atoms with Crippen molar-refractivity contribution in [2.75, 3.05) is 0 Å². The summed E-state index contributed by atoms with van der Waals surface area (Å²) in [4.78, 5) is 10.4. The maximum atomic E-state index is 10.4. The molecule has 38 valence electrons. The molecule has 7 heavy (non-hydrogen) atoms. The van der Waals surface area contributed by atoms with E-state index in [9.17, 15) is 4.79 Å². The molecule has 0 fully saturated rings. The Bertz CT molecular complexity index is 126. The number of halogens is 1. The first-order chi connectivity index (χ1) is 3.29. The van der Waals surface area contributed by atoms with Gasteiger partial charge in [-0.3, -0.25) is 4.79 Å². The highest BCUT2D eigenvalue weighted by atomic mass is 79.9. The Kier molecular flexibility index (Phi) is 1.28. The Morgan fingerprint density at radius 2 is 2.43 bits per heavy atom. The lowest BCUT2D eigenvalue weighted by Crippen LogP contribution is -1.84. The fourth-order valence-corrected chi connectivity index (χ4v) is 1.03. The molecule has 1 rings (SSSR count). The normalized spacial score (nSPS) is 20.1. The Hall–Kier alpha value is -0.110. The predicted molar refractivity (Wildman–Crippen MR) is 31.3 cm³/mol. The average Bonchev–Trinajstić information content (AvgIpc) is 1.87. The SMILES string of the molecule is O=C1CC=C(Br)C1. The van der Waals surface area contributed by atoms with E-state index in [4.69, 9.17) is 0 Å². The highest BCUT2D eigenvalue weighted by molar-refractivity contribution is 9.11. The van der Waals surface area contributed by atoms with Gasteiger partial charge >= 0.3 is 0 Å². The summed E-state index contributed by atoms with van der Waals surface area (Å²) < 4.78 is 1.04. The molecule has 0 aromatic carbocycles. The zero-order valence-electron chi connectivity index (χ0n) is 3.78. The monoisotopic (exact) mass is 160 g/mol. The van der Waals surface area contributed by atoms with Gasteiger partial charge in [0.25, 0.3) is 0 Å². The van der Waals surface area contributed by atoms with Crippen LogP contribution in [0.3, 0.4) is 0 Å². The van der Waals surface area contributed by atoms with Gasteiger partial charge in [-0.15, -0.1) is 0 Å². The van der Waals surface area contributed by atoms with Crippen molar-refractivity contribution in [3.63, 3.8) is 0 Å². The van der Waals surface area contributed by atoms with Crippen LogP contribution < -0.4 is 0 Å². The summed E-state index contributed by atoms with van der Waals surface area (Å²) in [5.74, 6) is 0.312. The molecule has 1 nitrogen and oxygen atoms in total. The first kappa shape index (κ1) is 5.04. The molecular formula is C5H5BrO. The van der Waals surface area contributed by atoms with Gasteiger partial charge in [-0.25, -0.2) is 0 Å². The molecule has 0 amide bonds. The first-order valence-corrected chi connectivity index (χ1v) is 2.94. The number of hydrogen-bond acceptors (Lipinski definition) is 1. The summed E-state index contributed by atoms with van der Waals surface area (Å²) in [6.45, 7) is 0. The molecule has 0 aromatic heterocycles. The van der Waals surface area contributed by atoms with E-state index >= 15 is 0 Å². The molecule has 0 aliphatic heterocycles. The average molecular weight is 161 g/mol. The van der Waals surface area contributed by atoms with Crippen molar-refractivity contribution < 1.29 is 4.79 Å². The molecule has 1 aliphatic rings. The van der Waals surface area contributed by atoms with Gasteiger partial charge in [-0.2, -0.15) is 0 Å². The molecule has 0 atom stereocenters. The van der Waals surface area contributed by atoms with Gasteiger partial charge in [0.2, 0.25) is 0 Å². The van der Waals surface area contributed by atoms with E-state index < -0.39 is 0 Å². The van der Waals surface area contributed by atoms with Crippen molar-refractivity contribution in [3.8, 4) is 0 Å². The molecule has 2 heteroatoms. The molecular weight excluding hydrogens is 156 g/mol. The number of ketones is 1. The summed E-state index contributed by atoms with van der Waals surface area (Å²) in [5.41, 5.74) is 0. The van der Waals surface area contributed by atoms with Crippen molar-refractivity contribution >= 4 is 21.7 Å². The number of rotatable bonds is 0. The van der Waals surface area contributed by atoms with Crippen LogP contribution in [0.25, 0.3) is 0 Å². The fourth-order valence-electron chi connectivity index (χ4n) is 0.557. The first-order valence-electron chi connectivity index (χ1n) is 2.15. The van der Waals surface area contributed by atoms with Gasteiger partial charge in [0.1, 0.15) is 5.78 Å². The maximum Gasteiger partial charge on any atom is 0.141 e.